The third-order valence-electron chi connectivity index (χ3n) is 3.91. The van der Waals surface area contributed by atoms with Crippen molar-refractivity contribution < 1.29 is 5.21 Å². The molecule has 0 aromatic heterocycles. The van der Waals surface area contributed by atoms with E-state index in [4.69, 9.17) is 10.9 Å². The first kappa shape index (κ1) is 13.3. The molecule has 3 nitrogen and oxygen atoms in total. The number of rotatable bonds is 5. The fourth-order valence-corrected chi connectivity index (χ4v) is 3.70. The third-order valence-corrected chi connectivity index (χ3v) is 5.25. The number of amidine groups is 1. The summed E-state index contributed by atoms with van der Waals surface area (Å²) in [7, 11) is 0. The lowest BCUT2D eigenvalue weighted by atomic mass is 10.1. The number of hydrogen-bond acceptors (Lipinski definition) is 3. The van der Waals surface area contributed by atoms with Crippen molar-refractivity contribution in [2.45, 2.75) is 24.2 Å². The normalized spacial score (nSPS) is 17.3. The van der Waals surface area contributed by atoms with E-state index in [9.17, 15) is 0 Å². The Bertz CT molecular complexity index is 650. The van der Waals surface area contributed by atoms with Gasteiger partial charge in [-0.2, -0.15) is 0 Å². The van der Waals surface area contributed by atoms with Crippen molar-refractivity contribution in [1.29, 1.82) is 0 Å². The number of fused-ring (bicyclic) bond motifs is 1. The van der Waals surface area contributed by atoms with Crippen molar-refractivity contribution in [2.75, 3.05) is 5.75 Å². The second-order valence-corrected chi connectivity index (χ2v) is 6.61. The Morgan fingerprint density at radius 3 is 2.65 bits per heavy atom. The fourth-order valence-electron chi connectivity index (χ4n) is 2.46. The highest BCUT2D eigenvalue weighted by Crippen LogP contribution is 2.52. The van der Waals surface area contributed by atoms with Crippen LogP contribution in [-0.4, -0.2) is 16.8 Å². The van der Waals surface area contributed by atoms with Crippen LogP contribution < -0.4 is 5.73 Å². The van der Waals surface area contributed by atoms with Gasteiger partial charge in [0, 0.05) is 17.1 Å². The zero-order valence-electron chi connectivity index (χ0n) is 11.2. The molecule has 0 radical (unpaired) electrons. The summed E-state index contributed by atoms with van der Waals surface area (Å²) in [6.45, 7) is 0. The molecule has 1 aliphatic rings. The second kappa shape index (κ2) is 5.37. The first-order chi connectivity index (χ1) is 9.71. The predicted octanol–water partition coefficient (Wildman–Crippen LogP) is 3.85. The van der Waals surface area contributed by atoms with Crippen LogP contribution in [-0.2, 0) is 0 Å². The molecule has 3 N–H and O–H groups in total. The van der Waals surface area contributed by atoms with E-state index in [0.717, 1.165) is 5.75 Å². The van der Waals surface area contributed by atoms with Crippen LogP contribution in [0.4, 0.5) is 0 Å². The van der Waals surface area contributed by atoms with E-state index < -0.39 is 0 Å². The molecule has 0 saturated heterocycles. The SMILES string of the molecule is NC(CC1(CSc2ccc3ccccc3c2)CC1)=NO. The molecule has 0 aliphatic heterocycles. The Balaban J connectivity index is 1.68. The number of nitrogens with two attached hydrogens (primary N) is 1. The molecule has 2 aromatic carbocycles. The number of thioether (sulfide) groups is 1. The van der Waals surface area contributed by atoms with Gasteiger partial charge in [0.2, 0.25) is 0 Å². The molecule has 1 fully saturated rings. The van der Waals surface area contributed by atoms with Gasteiger partial charge < -0.3 is 10.9 Å². The molecule has 0 atom stereocenters. The highest BCUT2D eigenvalue weighted by molar-refractivity contribution is 7.99. The molecule has 1 aliphatic carbocycles. The maximum atomic E-state index is 8.69. The van der Waals surface area contributed by atoms with E-state index in [1.165, 1.54) is 28.5 Å². The van der Waals surface area contributed by atoms with E-state index in [1.54, 1.807) is 0 Å². The fraction of sp³-hybridized carbons (Fsp3) is 0.312. The molecule has 3 rings (SSSR count). The molecule has 0 heterocycles. The first-order valence-corrected chi connectivity index (χ1v) is 7.77. The lowest BCUT2D eigenvalue weighted by molar-refractivity contribution is 0.315. The van der Waals surface area contributed by atoms with Crippen molar-refractivity contribution in [3.63, 3.8) is 0 Å². The van der Waals surface area contributed by atoms with Crippen molar-refractivity contribution in [3.8, 4) is 0 Å². The molecule has 0 unspecified atom stereocenters. The van der Waals surface area contributed by atoms with Gasteiger partial charge in [-0.05, 0) is 41.2 Å². The smallest absolute Gasteiger partial charge is 0.139 e. The van der Waals surface area contributed by atoms with E-state index in [2.05, 4.69) is 47.6 Å². The summed E-state index contributed by atoms with van der Waals surface area (Å²) in [5.74, 6) is 1.38. The van der Waals surface area contributed by atoms with Gasteiger partial charge in [0.15, 0.2) is 0 Å². The third kappa shape index (κ3) is 2.90. The Hall–Kier alpha value is -1.68. The van der Waals surface area contributed by atoms with Gasteiger partial charge in [-0.25, -0.2) is 0 Å². The summed E-state index contributed by atoms with van der Waals surface area (Å²) in [5.41, 5.74) is 5.88. The molecule has 1 saturated carbocycles. The molecular formula is C16H18N2OS. The van der Waals surface area contributed by atoms with E-state index in [-0.39, 0.29) is 5.41 Å². The summed E-state index contributed by atoms with van der Waals surface area (Å²) in [4.78, 5) is 1.29. The van der Waals surface area contributed by atoms with Crippen LogP contribution in [0.25, 0.3) is 10.8 Å². The van der Waals surface area contributed by atoms with Crippen LogP contribution in [0.15, 0.2) is 52.5 Å². The van der Waals surface area contributed by atoms with Crippen LogP contribution in [0.5, 0.6) is 0 Å². The quantitative estimate of drug-likeness (QED) is 0.288. The van der Waals surface area contributed by atoms with Crippen molar-refractivity contribution in [2.24, 2.45) is 16.3 Å². The highest BCUT2D eigenvalue weighted by Gasteiger charge is 2.43. The largest absolute Gasteiger partial charge is 0.409 e. The molecule has 104 valence electrons. The average molecular weight is 286 g/mol. The molecular weight excluding hydrogens is 268 g/mol. The van der Waals surface area contributed by atoms with Crippen LogP contribution in [0.2, 0.25) is 0 Å². The summed E-state index contributed by atoms with van der Waals surface area (Å²) in [6.07, 6.45) is 3.04. The van der Waals surface area contributed by atoms with Gasteiger partial charge in [-0.1, -0.05) is 35.5 Å². The first-order valence-electron chi connectivity index (χ1n) is 6.79. The van der Waals surface area contributed by atoms with Gasteiger partial charge in [-0.15, -0.1) is 11.8 Å². The minimum atomic E-state index is 0.243. The highest BCUT2D eigenvalue weighted by atomic mass is 32.2. The van der Waals surface area contributed by atoms with Crippen molar-refractivity contribution in [1.82, 2.24) is 0 Å². The van der Waals surface area contributed by atoms with Crippen molar-refractivity contribution in [3.05, 3.63) is 42.5 Å². The standard InChI is InChI=1S/C16H18N2OS/c17-15(18-19)10-16(7-8-16)11-20-14-6-5-12-3-1-2-4-13(12)9-14/h1-6,9,19H,7-8,10-11H2,(H2,17,18). The summed E-state index contributed by atoms with van der Waals surface area (Å²) in [5, 5.41) is 14.3. The molecule has 4 heteroatoms. The van der Waals surface area contributed by atoms with Gasteiger partial charge in [0.05, 0.1) is 0 Å². The minimum absolute atomic E-state index is 0.243. The maximum Gasteiger partial charge on any atom is 0.139 e. The lowest BCUT2D eigenvalue weighted by Crippen LogP contribution is -2.19. The average Bonchev–Trinajstić information content (AvgIpc) is 3.25. The van der Waals surface area contributed by atoms with Gasteiger partial charge in [0.1, 0.15) is 5.84 Å². The zero-order valence-corrected chi connectivity index (χ0v) is 12.1. The van der Waals surface area contributed by atoms with E-state index in [1.807, 2.05) is 11.8 Å². The lowest BCUT2D eigenvalue weighted by Gasteiger charge is -2.13. The molecule has 20 heavy (non-hydrogen) atoms. The molecule has 0 amide bonds. The number of hydrogen-bond donors (Lipinski definition) is 2. The number of benzene rings is 2. The number of oxime groups is 1. The monoisotopic (exact) mass is 286 g/mol. The molecule has 0 spiro atoms. The van der Waals surface area contributed by atoms with Crippen LogP contribution in [0.1, 0.15) is 19.3 Å². The van der Waals surface area contributed by atoms with Crippen LogP contribution in [0, 0.1) is 5.41 Å². The Labute approximate surface area is 122 Å². The Morgan fingerprint density at radius 2 is 1.95 bits per heavy atom. The summed E-state index contributed by atoms with van der Waals surface area (Å²) >= 11 is 1.86. The summed E-state index contributed by atoms with van der Waals surface area (Å²) < 4.78 is 0. The van der Waals surface area contributed by atoms with E-state index in [0.29, 0.717) is 12.3 Å². The zero-order chi connectivity index (χ0) is 14.0. The Kier molecular flexibility index (Phi) is 3.57. The summed E-state index contributed by atoms with van der Waals surface area (Å²) in [6, 6.07) is 15.0. The number of nitrogens with zero attached hydrogens (tertiary/aromatic N) is 1. The predicted molar refractivity (Wildman–Crippen MR) is 84.4 cm³/mol. The van der Waals surface area contributed by atoms with Crippen molar-refractivity contribution >= 4 is 28.4 Å². The second-order valence-electron chi connectivity index (χ2n) is 5.57. The van der Waals surface area contributed by atoms with Gasteiger partial charge in [-0.3, -0.25) is 0 Å². The topological polar surface area (TPSA) is 58.6 Å². The molecule has 2 aromatic rings. The van der Waals surface area contributed by atoms with E-state index >= 15 is 0 Å². The Morgan fingerprint density at radius 1 is 1.20 bits per heavy atom. The molecule has 0 bridgehead atoms. The van der Waals surface area contributed by atoms with Crippen LogP contribution >= 0.6 is 11.8 Å². The van der Waals surface area contributed by atoms with Gasteiger partial charge >= 0.3 is 0 Å². The minimum Gasteiger partial charge on any atom is -0.409 e. The maximum absolute atomic E-state index is 8.69. The van der Waals surface area contributed by atoms with Crippen LogP contribution in [0.3, 0.4) is 0 Å². The van der Waals surface area contributed by atoms with Gasteiger partial charge in [0.25, 0.3) is 0 Å².